The van der Waals surface area contributed by atoms with Crippen LogP contribution < -0.4 is 10.7 Å². The molecular formula is C19H20ClN3O2. The fraction of sp³-hybridized carbons (Fsp3) is 0.211. The second-order valence-corrected chi connectivity index (χ2v) is 5.84. The summed E-state index contributed by atoms with van der Waals surface area (Å²) in [5.74, 6) is -0.723. The monoisotopic (exact) mass is 357 g/mol. The number of nitrogens with zero attached hydrogens (tertiary/aromatic N) is 1. The number of carbonyl (C=O) groups is 2. The van der Waals surface area contributed by atoms with Crippen molar-refractivity contribution in [1.29, 1.82) is 0 Å². The van der Waals surface area contributed by atoms with Gasteiger partial charge in [-0.15, -0.1) is 0 Å². The van der Waals surface area contributed by atoms with Gasteiger partial charge in [0.1, 0.15) is 0 Å². The van der Waals surface area contributed by atoms with Gasteiger partial charge < -0.3 is 5.32 Å². The van der Waals surface area contributed by atoms with Crippen LogP contribution >= 0.6 is 11.6 Å². The molecule has 0 aliphatic carbocycles. The van der Waals surface area contributed by atoms with Gasteiger partial charge in [0.2, 0.25) is 0 Å². The van der Waals surface area contributed by atoms with E-state index in [0.717, 1.165) is 24.1 Å². The van der Waals surface area contributed by atoms with Crippen LogP contribution in [0.15, 0.2) is 59.7 Å². The van der Waals surface area contributed by atoms with Gasteiger partial charge in [0.15, 0.2) is 0 Å². The first-order chi connectivity index (χ1) is 12.1. The zero-order valence-corrected chi connectivity index (χ0v) is 14.7. The highest BCUT2D eigenvalue weighted by Crippen LogP contribution is 2.09. The minimum Gasteiger partial charge on any atom is -0.343 e. The molecule has 0 spiro atoms. The SMILES string of the molecule is CCC/C(=N\NC(=O)CNC(=O)c1ccc(Cl)cc1)c1ccccc1. The Labute approximate surface area is 152 Å². The van der Waals surface area contributed by atoms with Gasteiger partial charge >= 0.3 is 0 Å². The van der Waals surface area contributed by atoms with E-state index >= 15 is 0 Å². The van der Waals surface area contributed by atoms with Gasteiger partial charge in [0.05, 0.1) is 12.3 Å². The maximum Gasteiger partial charge on any atom is 0.259 e. The fourth-order valence-electron chi connectivity index (χ4n) is 2.17. The quantitative estimate of drug-likeness (QED) is 0.589. The lowest BCUT2D eigenvalue weighted by molar-refractivity contribution is -0.120. The zero-order valence-electron chi connectivity index (χ0n) is 14.0. The van der Waals surface area contributed by atoms with Crippen molar-refractivity contribution < 1.29 is 9.59 Å². The Kier molecular flexibility index (Phi) is 7.16. The lowest BCUT2D eigenvalue weighted by Gasteiger charge is -2.07. The molecule has 5 nitrogen and oxygen atoms in total. The maximum atomic E-state index is 12.0. The number of carbonyl (C=O) groups excluding carboxylic acids is 2. The summed E-state index contributed by atoms with van der Waals surface area (Å²) in [4.78, 5) is 23.9. The van der Waals surface area contributed by atoms with Crippen molar-refractivity contribution in [1.82, 2.24) is 10.7 Å². The van der Waals surface area contributed by atoms with E-state index in [9.17, 15) is 9.59 Å². The second-order valence-electron chi connectivity index (χ2n) is 5.40. The zero-order chi connectivity index (χ0) is 18.1. The summed E-state index contributed by atoms with van der Waals surface area (Å²) < 4.78 is 0. The Bertz CT molecular complexity index is 743. The summed E-state index contributed by atoms with van der Waals surface area (Å²) >= 11 is 5.78. The smallest absolute Gasteiger partial charge is 0.259 e. The largest absolute Gasteiger partial charge is 0.343 e. The molecule has 2 amide bonds. The van der Waals surface area contributed by atoms with Crippen molar-refractivity contribution in [3.05, 3.63) is 70.7 Å². The van der Waals surface area contributed by atoms with Crippen LogP contribution in [0.4, 0.5) is 0 Å². The van der Waals surface area contributed by atoms with Crippen molar-refractivity contribution in [2.24, 2.45) is 5.10 Å². The molecule has 0 unspecified atom stereocenters. The average molecular weight is 358 g/mol. The van der Waals surface area contributed by atoms with Crippen molar-refractivity contribution >= 4 is 29.1 Å². The van der Waals surface area contributed by atoms with Gasteiger partial charge in [-0.3, -0.25) is 9.59 Å². The molecule has 0 bridgehead atoms. The molecule has 25 heavy (non-hydrogen) atoms. The first-order valence-corrected chi connectivity index (χ1v) is 8.42. The van der Waals surface area contributed by atoms with E-state index in [2.05, 4.69) is 15.8 Å². The van der Waals surface area contributed by atoms with Crippen LogP contribution in [0.1, 0.15) is 35.7 Å². The van der Waals surface area contributed by atoms with Crippen LogP contribution in [0.25, 0.3) is 0 Å². The van der Waals surface area contributed by atoms with E-state index in [1.807, 2.05) is 37.3 Å². The predicted molar refractivity (Wildman–Crippen MR) is 99.8 cm³/mol. The second kappa shape index (κ2) is 9.59. The fourth-order valence-corrected chi connectivity index (χ4v) is 2.29. The Morgan fingerprint density at radius 2 is 1.68 bits per heavy atom. The van der Waals surface area contributed by atoms with E-state index in [-0.39, 0.29) is 18.4 Å². The number of hydrazone groups is 1. The molecule has 2 rings (SSSR count). The molecule has 0 atom stereocenters. The summed E-state index contributed by atoms with van der Waals surface area (Å²) in [5, 5.41) is 7.29. The van der Waals surface area contributed by atoms with Crippen LogP contribution in [0.2, 0.25) is 5.02 Å². The first-order valence-electron chi connectivity index (χ1n) is 8.04. The summed E-state index contributed by atoms with van der Waals surface area (Å²) in [6.07, 6.45) is 1.67. The summed E-state index contributed by atoms with van der Waals surface area (Å²) in [6.45, 7) is 1.89. The molecule has 0 aliphatic heterocycles. The van der Waals surface area contributed by atoms with E-state index in [4.69, 9.17) is 11.6 Å². The van der Waals surface area contributed by atoms with Gasteiger partial charge in [-0.25, -0.2) is 5.43 Å². The highest BCUT2D eigenvalue weighted by molar-refractivity contribution is 6.30. The first kappa shape index (κ1) is 18.7. The number of hydrogen-bond acceptors (Lipinski definition) is 3. The number of hydrogen-bond donors (Lipinski definition) is 2. The van der Waals surface area contributed by atoms with E-state index in [1.54, 1.807) is 24.3 Å². The normalized spacial score (nSPS) is 11.0. The Balaban J connectivity index is 1.90. The van der Waals surface area contributed by atoms with Crippen molar-refractivity contribution in [2.75, 3.05) is 6.54 Å². The van der Waals surface area contributed by atoms with Crippen molar-refractivity contribution in [3.8, 4) is 0 Å². The summed E-state index contributed by atoms with van der Waals surface area (Å²) in [7, 11) is 0. The summed E-state index contributed by atoms with van der Waals surface area (Å²) in [6, 6.07) is 16.1. The molecule has 130 valence electrons. The summed E-state index contributed by atoms with van der Waals surface area (Å²) in [5.41, 5.74) is 4.71. The molecular weight excluding hydrogens is 338 g/mol. The molecule has 0 radical (unpaired) electrons. The molecule has 0 aliphatic rings. The van der Waals surface area contributed by atoms with Crippen LogP contribution in [0.5, 0.6) is 0 Å². The Morgan fingerprint density at radius 1 is 1.00 bits per heavy atom. The van der Waals surface area contributed by atoms with Gasteiger partial charge in [0, 0.05) is 10.6 Å². The third kappa shape index (κ3) is 6.04. The molecule has 0 aromatic heterocycles. The minimum atomic E-state index is -0.383. The van der Waals surface area contributed by atoms with Gasteiger partial charge in [0.25, 0.3) is 11.8 Å². The number of rotatable bonds is 7. The molecule has 0 saturated heterocycles. The maximum absolute atomic E-state index is 12.0. The highest BCUT2D eigenvalue weighted by Gasteiger charge is 2.08. The Hall–Kier alpha value is -2.66. The number of amides is 2. The van der Waals surface area contributed by atoms with Gasteiger partial charge in [-0.1, -0.05) is 55.3 Å². The molecule has 6 heteroatoms. The van der Waals surface area contributed by atoms with Gasteiger partial charge in [-0.05, 0) is 36.2 Å². The molecule has 2 N–H and O–H groups in total. The highest BCUT2D eigenvalue weighted by atomic mass is 35.5. The van der Waals surface area contributed by atoms with Crippen molar-refractivity contribution in [3.63, 3.8) is 0 Å². The third-order valence-corrected chi connectivity index (χ3v) is 3.68. The minimum absolute atomic E-state index is 0.154. The lowest BCUT2D eigenvalue weighted by Crippen LogP contribution is -2.35. The molecule has 0 fully saturated rings. The van der Waals surface area contributed by atoms with E-state index < -0.39 is 0 Å². The number of halogens is 1. The van der Waals surface area contributed by atoms with Crippen LogP contribution in [-0.4, -0.2) is 24.1 Å². The number of benzene rings is 2. The van der Waals surface area contributed by atoms with Crippen LogP contribution in [0, 0.1) is 0 Å². The standard InChI is InChI=1S/C19H20ClN3O2/c1-2-6-17(14-7-4-3-5-8-14)22-23-18(24)13-21-19(25)15-9-11-16(20)12-10-15/h3-5,7-12H,2,6,13H2,1H3,(H,21,25)(H,23,24)/b22-17+. The average Bonchev–Trinajstić information content (AvgIpc) is 2.64. The van der Waals surface area contributed by atoms with Crippen molar-refractivity contribution in [2.45, 2.75) is 19.8 Å². The third-order valence-electron chi connectivity index (χ3n) is 3.43. The Morgan fingerprint density at radius 3 is 2.32 bits per heavy atom. The van der Waals surface area contributed by atoms with E-state index in [1.165, 1.54) is 0 Å². The number of nitrogens with one attached hydrogen (secondary N) is 2. The van der Waals surface area contributed by atoms with E-state index in [0.29, 0.717) is 10.6 Å². The molecule has 2 aromatic rings. The lowest BCUT2D eigenvalue weighted by atomic mass is 10.1. The molecule has 0 saturated carbocycles. The molecule has 2 aromatic carbocycles. The predicted octanol–water partition coefficient (Wildman–Crippen LogP) is 3.39. The van der Waals surface area contributed by atoms with Crippen LogP contribution in [-0.2, 0) is 4.79 Å². The molecule has 0 heterocycles. The van der Waals surface area contributed by atoms with Crippen LogP contribution in [0.3, 0.4) is 0 Å². The van der Waals surface area contributed by atoms with Gasteiger partial charge in [-0.2, -0.15) is 5.10 Å². The topological polar surface area (TPSA) is 70.6 Å².